The first-order valence-corrected chi connectivity index (χ1v) is 7.02. The van der Waals surface area contributed by atoms with Crippen LogP contribution in [0.2, 0.25) is 0 Å². The Morgan fingerprint density at radius 3 is 2.50 bits per heavy atom. The Balaban J connectivity index is 3.04. The number of rotatable bonds is 4. The van der Waals surface area contributed by atoms with Gasteiger partial charge in [-0.15, -0.1) is 0 Å². The summed E-state index contributed by atoms with van der Waals surface area (Å²) in [5.41, 5.74) is 0.936. The van der Waals surface area contributed by atoms with E-state index in [1.807, 2.05) is 51.2 Å². The Hall–Kier alpha value is -0.640. The molecule has 96 valence electrons. The first kappa shape index (κ1) is 15.4. The lowest BCUT2D eigenvalue weighted by Crippen LogP contribution is -2.11. The Kier molecular flexibility index (Phi) is 5.57. The van der Waals surface area contributed by atoms with Crippen LogP contribution in [0.15, 0.2) is 24.3 Å². The molecule has 1 aromatic rings. The summed E-state index contributed by atoms with van der Waals surface area (Å²) in [6.45, 7) is 4.94. The van der Waals surface area contributed by atoms with E-state index in [-0.39, 0.29) is 17.7 Å². The van der Waals surface area contributed by atoms with Crippen molar-refractivity contribution < 1.29 is 19.4 Å². The smallest absolute Gasteiger partial charge is 0.336 e. The van der Waals surface area contributed by atoms with E-state index in [0.717, 1.165) is 7.14 Å². The number of hydrogen-bond donors (Lipinski definition) is 1. The molecule has 0 aromatic heterocycles. The van der Waals surface area contributed by atoms with Crippen LogP contribution in [0.3, 0.4) is 0 Å². The highest BCUT2D eigenvalue weighted by molar-refractivity contribution is 14.1. The molecule has 0 saturated carbocycles. The number of benzene rings is 1. The van der Waals surface area contributed by atoms with Gasteiger partial charge in [0.25, 0.3) is 0 Å². The van der Waals surface area contributed by atoms with Crippen molar-refractivity contribution in [2.75, 3.05) is 0 Å². The number of hydrogen-bond acceptors (Lipinski definition) is 3. The third kappa shape index (κ3) is 3.94. The van der Waals surface area contributed by atoms with Gasteiger partial charge in [-0.05, 0) is 64.2 Å². The molecule has 0 atom stereocenters. The van der Waals surface area contributed by atoms with Gasteiger partial charge in [0.1, 0.15) is 6.61 Å². The summed E-state index contributed by atoms with van der Waals surface area (Å²) in [5.74, 6) is -1.56. The van der Waals surface area contributed by atoms with Gasteiger partial charge in [0, 0.05) is 18.3 Å². The zero-order chi connectivity index (χ0) is 13.9. The highest BCUT2D eigenvalue weighted by atomic mass is 127. The van der Waals surface area contributed by atoms with E-state index >= 15 is 0 Å². The van der Waals surface area contributed by atoms with Crippen LogP contribution >= 0.6 is 45.2 Å². The van der Waals surface area contributed by atoms with Gasteiger partial charge in [-0.1, -0.05) is 6.58 Å². The molecule has 1 aromatic carbocycles. The third-order valence-corrected chi connectivity index (χ3v) is 3.67. The first-order valence-electron chi connectivity index (χ1n) is 4.86. The number of ether oxygens (including phenoxy) is 1. The lowest BCUT2D eigenvalue weighted by atomic mass is 10.1. The maximum atomic E-state index is 11.3. The molecule has 0 fully saturated rings. The fourth-order valence-electron chi connectivity index (χ4n) is 1.20. The van der Waals surface area contributed by atoms with Crippen molar-refractivity contribution in [2.45, 2.75) is 13.5 Å². The molecule has 0 radical (unpaired) electrons. The fraction of sp³-hybridized carbons (Fsp3) is 0.167. The van der Waals surface area contributed by atoms with Crippen molar-refractivity contribution in [2.24, 2.45) is 0 Å². The first-order chi connectivity index (χ1) is 8.32. The van der Waals surface area contributed by atoms with Crippen LogP contribution in [0.25, 0.3) is 0 Å². The molecule has 4 nitrogen and oxygen atoms in total. The van der Waals surface area contributed by atoms with Crippen LogP contribution in [0.1, 0.15) is 22.8 Å². The van der Waals surface area contributed by atoms with E-state index in [1.54, 1.807) is 13.0 Å². The lowest BCUT2D eigenvalue weighted by molar-refractivity contribution is -0.140. The molecule has 0 aliphatic rings. The molecule has 18 heavy (non-hydrogen) atoms. The van der Waals surface area contributed by atoms with Gasteiger partial charge >= 0.3 is 11.9 Å². The Morgan fingerprint density at radius 1 is 1.39 bits per heavy atom. The average molecular weight is 472 g/mol. The topological polar surface area (TPSA) is 63.6 Å². The quantitative estimate of drug-likeness (QED) is 0.416. The van der Waals surface area contributed by atoms with Crippen molar-refractivity contribution >= 4 is 57.1 Å². The van der Waals surface area contributed by atoms with Gasteiger partial charge in [-0.25, -0.2) is 9.59 Å². The molecule has 0 aliphatic carbocycles. The van der Waals surface area contributed by atoms with Crippen molar-refractivity contribution in [1.29, 1.82) is 0 Å². The van der Waals surface area contributed by atoms with Crippen LogP contribution in [-0.2, 0) is 16.1 Å². The van der Waals surface area contributed by atoms with Gasteiger partial charge in [0.15, 0.2) is 0 Å². The number of carbonyl (C=O) groups is 2. The van der Waals surface area contributed by atoms with Crippen LogP contribution < -0.4 is 0 Å². The maximum absolute atomic E-state index is 11.3. The SMILES string of the molecule is C=C(C)C(=O)OCc1c(I)cc(I)cc1C(=O)O. The van der Waals surface area contributed by atoms with Crippen molar-refractivity contribution in [3.63, 3.8) is 0 Å². The van der Waals surface area contributed by atoms with Gasteiger partial charge in [0.05, 0.1) is 5.56 Å². The summed E-state index contributed by atoms with van der Waals surface area (Å²) in [6.07, 6.45) is 0. The molecule has 0 bridgehead atoms. The second kappa shape index (κ2) is 6.50. The fourth-order valence-corrected chi connectivity index (χ4v) is 3.20. The minimum Gasteiger partial charge on any atom is -0.478 e. The predicted octanol–water partition coefficient (Wildman–Crippen LogP) is 3.21. The van der Waals surface area contributed by atoms with E-state index in [4.69, 9.17) is 9.84 Å². The minimum absolute atomic E-state index is 0.0669. The lowest BCUT2D eigenvalue weighted by Gasteiger charge is -2.10. The molecular weight excluding hydrogens is 462 g/mol. The van der Waals surface area contributed by atoms with E-state index in [1.165, 1.54) is 0 Å². The zero-order valence-corrected chi connectivity index (χ0v) is 13.8. The number of carboxylic acids is 1. The second-order valence-corrected chi connectivity index (χ2v) is 5.98. The second-order valence-electron chi connectivity index (χ2n) is 3.58. The molecule has 0 heterocycles. The largest absolute Gasteiger partial charge is 0.478 e. The predicted molar refractivity (Wildman–Crippen MR) is 83.4 cm³/mol. The Bertz CT molecular complexity index is 523. The highest BCUT2D eigenvalue weighted by Gasteiger charge is 2.16. The van der Waals surface area contributed by atoms with Crippen molar-refractivity contribution in [1.82, 2.24) is 0 Å². The maximum Gasteiger partial charge on any atom is 0.336 e. The summed E-state index contributed by atoms with van der Waals surface area (Å²) in [5, 5.41) is 9.12. The molecule has 6 heteroatoms. The number of carbonyl (C=O) groups excluding carboxylic acids is 1. The van der Waals surface area contributed by atoms with E-state index in [2.05, 4.69) is 6.58 Å². The molecule has 0 spiro atoms. The standard InChI is InChI=1S/C12H10I2O4/c1-6(2)12(17)18-5-9-8(11(15)16)3-7(13)4-10(9)14/h3-4H,1,5H2,2H3,(H,15,16). The number of esters is 1. The van der Waals surface area contributed by atoms with Crippen LogP contribution in [-0.4, -0.2) is 17.0 Å². The molecular formula is C12H10I2O4. The highest BCUT2D eigenvalue weighted by Crippen LogP contribution is 2.22. The summed E-state index contributed by atoms with van der Waals surface area (Å²) in [7, 11) is 0. The van der Waals surface area contributed by atoms with Crippen LogP contribution in [0, 0.1) is 7.14 Å². The third-order valence-electron chi connectivity index (χ3n) is 2.09. The van der Waals surface area contributed by atoms with Crippen molar-refractivity contribution in [3.05, 3.63) is 42.6 Å². The molecule has 0 amide bonds. The molecule has 0 unspecified atom stereocenters. The molecule has 1 N–H and O–H groups in total. The van der Waals surface area contributed by atoms with Gasteiger partial charge in [-0.3, -0.25) is 0 Å². The summed E-state index contributed by atoms with van der Waals surface area (Å²) in [6, 6.07) is 3.38. The zero-order valence-electron chi connectivity index (χ0n) is 9.50. The summed E-state index contributed by atoms with van der Waals surface area (Å²) in [4.78, 5) is 22.4. The Morgan fingerprint density at radius 2 is 2.00 bits per heavy atom. The molecule has 0 aliphatic heterocycles. The van der Waals surface area contributed by atoms with E-state index < -0.39 is 11.9 Å². The van der Waals surface area contributed by atoms with Gasteiger partial charge in [-0.2, -0.15) is 0 Å². The van der Waals surface area contributed by atoms with Gasteiger partial charge in [0.2, 0.25) is 0 Å². The van der Waals surface area contributed by atoms with Crippen LogP contribution in [0.4, 0.5) is 0 Å². The normalized spacial score (nSPS) is 9.94. The Labute approximate surface area is 132 Å². The van der Waals surface area contributed by atoms with Gasteiger partial charge < -0.3 is 9.84 Å². The number of halogens is 2. The minimum atomic E-state index is -1.03. The monoisotopic (exact) mass is 472 g/mol. The number of aromatic carboxylic acids is 1. The number of carboxylic acid groups (broad SMARTS) is 1. The summed E-state index contributed by atoms with van der Waals surface area (Å²) < 4.78 is 6.57. The van der Waals surface area contributed by atoms with Crippen LogP contribution in [0.5, 0.6) is 0 Å². The van der Waals surface area contributed by atoms with Crippen molar-refractivity contribution in [3.8, 4) is 0 Å². The summed E-state index contributed by atoms with van der Waals surface area (Å²) >= 11 is 4.07. The molecule has 1 rings (SSSR count). The van der Waals surface area contributed by atoms with E-state index in [9.17, 15) is 9.59 Å². The average Bonchev–Trinajstić information content (AvgIpc) is 2.26. The molecule has 0 saturated heterocycles. The van der Waals surface area contributed by atoms with E-state index in [0.29, 0.717) is 5.56 Å².